The van der Waals surface area contributed by atoms with Gasteiger partial charge in [-0.25, -0.2) is 0 Å². The highest BCUT2D eigenvalue weighted by atomic mass is 32.2. The molecule has 1 heterocycles. The second-order valence-corrected chi connectivity index (χ2v) is 5.90. The molecule has 0 aromatic rings. The Bertz CT molecular complexity index is 211. The molecular weight excluding hydrogens is 184 g/mol. The molecule has 74 valence electrons. The fourth-order valence-corrected chi connectivity index (χ4v) is 4.29. The summed E-state index contributed by atoms with van der Waals surface area (Å²) in [5.74, 6) is 1.02. The molecule has 1 aliphatic carbocycles. The lowest BCUT2D eigenvalue weighted by Gasteiger charge is -2.46. The van der Waals surface area contributed by atoms with Crippen LogP contribution in [0.2, 0.25) is 0 Å². The lowest BCUT2D eigenvalue weighted by Crippen LogP contribution is -2.39. The Balaban J connectivity index is 1.88. The highest BCUT2D eigenvalue weighted by Gasteiger charge is 2.42. The van der Waals surface area contributed by atoms with Crippen LogP contribution in [0.1, 0.15) is 38.5 Å². The molecule has 2 nitrogen and oxygen atoms in total. The van der Waals surface area contributed by atoms with E-state index in [1.807, 2.05) is 0 Å². The van der Waals surface area contributed by atoms with Crippen LogP contribution in [0.25, 0.3) is 0 Å². The number of hydrogen-bond donors (Lipinski definition) is 1. The Labute approximate surface area is 83.1 Å². The molecule has 2 fully saturated rings. The number of carboxylic acid groups (broad SMARTS) is 1. The van der Waals surface area contributed by atoms with Crippen molar-refractivity contribution >= 4 is 17.7 Å². The van der Waals surface area contributed by atoms with Crippen LogP contribution in [-0.2, 0) is 4.79 Å². The number of rotatable bonds is 2. The number of aliphatic carboxylic acids is 1. The van der Waals surface area contributed by atoms with Crippen LogP contribution < -0.4 is 0 Å². The molecular formula is C10H16O2S. The van der Waals surface area contributed by atoms with Gasteiger partial charge in [-0.15, -0.1) is 0 Å². The van der Waals surface area contributed by atoms with Gasteiger partial charge in [-0.2, -0.15) is 11.8 Å². The molecule has 2 rings (SSSR count). The largest absolute Gasteiger partial charge is 0.481 e. The first-order valence-corrected chi connectivity index (χ1v) is 6.05. The molecule has 0 aromatic heterocycles. The highest BCUT2D eigenvalue weighted by Crippen LogP contribution is 2.52. The van der Waals surface area contributed by atoms with Gasteiger partial charge < -0.3 is 5.11 Å². The van der Waals surface area contributed by atoms with E-state index >= 15 is 0 Å². The summed E-state index contributed by atoms with van der Waals surface area (Å²) in [7, 11) is 0. The third-order valence-corrected chi connectivity index (χ3v) is 4.95. The van der Waals surface area contributed by atoms with Crippen molar-refractivity contribution in [2.75, 3.05) is 5.75 Å². The summed E-state index contributed by atoms with van der Waals surface area (Å²) in [6, 6.07) is 0. The maximum atomic E-state index is 10.6. The van der Waals surface area contributed by atoms with Crippen molar-refractivity contribution in [3.8, 4) is 0 Å². The Morgan fingerprint density at radius 2 is 2.31 bits per heavy atom. The monoisotopic (exact) mass is 200 g/mol. The molecule has 0 amide bonds. The minimum atomic E-state index is -0.619. The van der Waals surface area contributed by atoms with Crippen LogP contribution in [0.5, 0.6) is 0 Å². The number of hydrogen-bond acceptors (Lipinski definition) is 2. The normalized spacial score (nSPS) is 31.2. The third kappa shape index (κ3) is 2.01. The standard InChI is InChI=1S/C10H16O2S/c11-9(12)6-8-2-5-13-10(7-8)3-1-4-10/h8H,1-7H2,(H,11,12). The Hall–Kier alpha value is -0.180. The summed E-state index contributed by atoms with van der Waals surface area (Å²) in [5.41, 5.74) is 0. The van der Waals surface area contributed by atoms with E-state index in [4.69, 9.17) is 5.11 Å². The van der Waals surface area contributed by atoms with Crippen LogP contribution in [0.4, 0.5) is 0 Å². The first-order chi connectivity index (χ1) is 6.20. The van der Waals surface area contributed by atoms with Crippen molar-refractivity contribution in [3.63, 3.8) is 0 Å². The van der Waals surface area contributed by atoms with Crippen molar-refractivity contribution < 1.29 is 9.90 Å². The lowest BCUT2D eigenvalue weighted by atomic mass is 9.76. The zero-order chi connectivity index (χ0) is 9.31. The molecule has 1 saturated carbocycles. The van der Waals surface area contributed by atoms with Gasteiger partial charge >= 0.3 is 5.97 Å². The van der Waals surface area contributed by atoms with Gasteiger partial charge in [0.05, 0.1) is 0 Å². The molecule has 1 N–H and O–H groups in total. The zero-order valence-electron chi connectivity index (χ0n) is 7.79. The van der Waals surface area contributed by atoms with Crippen molar-refractivity contribution in [1.29, 1.82) is 0 Å². The van der Waals surface area contributed by atoms with Gasteiger partial charge in [-0.05, 0) is 37.4 Å². The summed E-state index contributed by atoms with van der Waals surface area (Å²) < 4.78 is 0.512. The first-order valence-electron chi connectivity index (χ1n) is 5.06. The van der Waals surface area contributed by atoms with E-state index in [-0.39, 0.29) is 0 Å². The molecule has 0 bridgehead atoms. The SMILES string of the molecule is O=C(O)CC1CCSC2(CCC2)C1. The summed E-state index contributed by atoms with van der Waals surface area (Å²) in [4.78, 5) is 10.6. The van der Waals surface area contributed by atoms with Gasteiger partial charge in [0.15, 0.2) is 0 Å². The molecule has 1 spiro atoms. The zero-order valence-corrected chi connectivity index (χ0v) is 8.61. The van der Waals surface area contributed by atoms with E-state index in [2.05, 4.69) is 11.8 Å². The van der Waals surface area contributed by atoms with E-state index in [1.54, 1.807) is 0 Å². The summed E-state index contributed by atoms with van der Waals surface area (Å²) >= 11 is 2.09. The number of carbonyl (C=O) groups is 1. The number of carboxylic acids is 1. The topological polar surface area (TPSA) is 37.3 Å². The summed E-state index contributed by atoms with van der Waals surface area (Å²) in [6.07, 6.45) is 6.67. The number of thioether (sulfide) groups is 1. The van der Waals surface area contributed by atoms with E-state index in [1.165, 1.54) is 25.0 Å². The maximum absolute atomic E-state index is 10.6. The predicted molar refractivity (Wildman–Crippen MR) is 54.0 cm³/mol. The van der Waals surface area contributed by atoms with E-state index in [0.29, 0.717) is 17.1 Å². The summed E-state index contributed by atoms with van der Waals surface area (Å²) in [5, 5.41) is 8.72. The van der Waals surface area contributed by atoms with Crippen LogP contribution >= 0.6 is 11.8 Å². The van der Waals surface area contributed by atoms with Gasteiger partial charge in [0.1, 0.15) is 0 Å². The first kappa shape index (κ1) is 9.38. The van der Waals surface area contributed by atoms with Gasteiger partial charge in [0.25, 0.3) is 0 Å². The van der Waals surface area contributed by atoms with Crippen LogP contribution in [0, 0.1) is 5.92 Å². The van der Waals surface area contributed by atoms with E-state index < -0.39 is 5.97 Å². The fraction of sp³-hybridized carbons (Fsp3) is 0.900. The Morgan fingerprint density at radius 3 is 2.85 bits per heavy atom. The second-order valence-electron chi connectivity index (χ2n) is 4.34. The molecule has 1 aliphatic heterocycles. The Kier molecular flexibility index (Phi) is 2.54. The molecule has 1 unspecified atom stereocenters. The molecule has 1 saturated heterocycles. The molecule has 3 heteroatoms. The predicted octanol–water partition coefficient (Wildman–Crippen LogP) is 2.53. The fourth-order valence-electron chi connectivity index (χ4n) is 2.47. The maximum Gasteiger partial charge on any atom is 0.303 e. The quantitative estimate of drug-likeness (QED) is 0.744. The average Bonchev–Trinajstić information content (AvgIpc) is 2.01. The van der Waals surface area contributed by atoms with Gasteiger partial charge in [-0.1, -0.05) is 6.42 Å². The van der Waals surface area contributed by atoms with Gasteiger partial charge in [0, 0.05) is 11.2 Å². The van der Waals surface area contributed by atoms with Gasteiger partial charge in [-0.3, -0.25) is 4.79 Å². The lowest BCUT2D eigenvalue weighted by molar-refractivity contribution is -0.138. The van der Waals surface area contributed by atoms with Crippen molar-refractivity contribution in [2.45, 2.75) is 43.3 Å². The highest BCUT2D eigenvalue weighted by molar-refractivity contribution is 8.00. The van der Waals surface area contributed by atoms with Gasteiger partial charge in [0.2, 0.25) is 0 Å². The van der Waals surface area contributed by atoms with Crippen LogP contribution in [-0.4, -0.2) is 21.6 Å². The molecule has 1 atom stereocenters. The summed E-state index contributed by atoms with van der Waals surface area (Å²) in [6.45, 7) is 0. The van der Waals surface area contributed by atoms with Crippen LogP contribution in [0.15, 0.2) is 0 Å². The van der Waals surface area contributed by atoms with E-state index in [9.17, 15) is 4.79 Å². The minimum absolute atomic E-state index is 0.391. The molecule has 0 radical (unpaired) electrons. The average molecular weight is 200 g/mol. The third-order valence-electron chi connectivity index (χ3n) is 3.32. The van der Waals surface area contributed by atoms with Crippen molar-refractivity contribution in [3.05, 3.63) is 0 Å². The second kappa shape index (κ2) is 3.52. The molecule has 13 heavy (non-hydrogen) atoms. The molecule has 0 aromatic carbocycles. The molecule has 2 aliphatic rings. The minimum Gasteiger partial charge on any atom is -0.481 e. The smallest absolute Gasteiger partial charge is 0.303 e. The van der Waals surface area contributed by atoms with E-state index in [0.717, 1.165) is 12.8 Å². The Morgan fingerprint density at radius 1 is 1.54 bits per heavy atom. The van der Waals surface area contributed by atoms with Crippen molar-refractivity contribution in [1.82, 2.24) is 0 Å². The van der Waals surface area contributed by atoms with Crippen molar-refractivity contribution in [2.24, 2.45) is 5.92 Å². The van der Waals surface area contributed by atoms with Crippen LogP contribution in [0.3, 0.4) is 0 Å².